The van der Waals surface area contributed by atoms with Gasteiger partial charge in [0.05, 0.1) is 17.6 Å². The Morgan fingerprint density at radius 1 is 1.03 bits per heavy atom. The van der Waals surface area contributed by atoms with Crippen molar-refractivity contribution < 1.29 is 28.0 Å². The number of rotatable bonds is 3. The molecule has 2 aliphatic heterocycles. The van der Waals surface area contributed by atoms with Gasteiger partial charge in [-0.1, -0.05) is 12.1 Å². The topological polar surface area (TPSA) is 68.3 Å². The first kappa shape index (κ1) is 24.5. The predicted octanol–water partition coefficient (Wildman–Crippen LogP) is 2.75. The Morgan fingerprint density at radius 3 is 2.09 bits per heavy atom. The van der Waals surface area contributed by atoms with Gasteiger partial charge in [-0.2, -0.15) is 0 Å². The number of amides is 2. The van der Waals surface area contributed by atoms with Crippen LogP contribution < -0.4 is 5.46 Å². The third-order valence-electron chi connectivity index (χ3n) is 6.21. The van der Waals surface area contributed by atoms with Gasteiger partial charge < -0.3 is 23.8 Å². The van der Waals surface area contributed by atoms with Crippen LogP contribution >= 0.6 is 0 Å². The van der Waals surface area contributed by atoms with E-state index in [-0.39, 0.29) is 18.4 Å². The summed E-state index contributed by atoms with van der Waals surface area (Å²) in [5.41, 5.74) is -0.728. The van der Waals surface area contributed by atoms with Crippen LogP contribution in [0.4, 0.5) is 9.18 Å². The normalized spacial score (nSPS) is 20.4. The molecule has 0 aliphatic carbocycles. The average Bonchev–Trinajstić information content (AvgIpc) is 2.89. The monoisotopic (exact) mass is 448 g/mol. The Bertz CT molecular complexity index is 860. The Labute approximate surface area is 190 Å². The summed E-state index contributed by atoms with van der Waals surface area (Å²) in [5, 5.41) is 0. The van der Waals surface area contributed by atoms with E-state index in [2.05, 4.69) is 0 Å². The van der Waals surface area contributed by atoms with Crippen LogP contribution in [0.3, 0.4) is 0 Å². The Morgan fingerprint density at radius 2 is 1.56 bits per heavy atom. The fourth-order valence-electron chi connectivity index (χ4n) is 3.61. The molecule has 7 nitrogen and oxygen atoms in total. The molecule has 2 amide bonds. The molecular weight excluding hydrogens is 414 g/mol. The van der Waals surface area contributed by atoms with E-state index in [4.69, 9.17) is 14.0 Å². The molecule has 3 rings (SSSR count). The van der Waals surface area contributed by atoms with Crippen LogP contribution in [0.25, 0.3) is 0 Å². The molecule has 0 radical (unpaired) electrons. The molecule has 2 fully saturated rings. The zero-order valence-electron chi connectivity index (χ0n) is 20.2. The van der Waals surface area contributed by atoms with E-state index in [1.807, 2.05) is 48.5 Å². The van der Waals surface area contributed by atoms with Gasteiger partial charge in [0.1, 0.15) is 11.4 Å². The minimum atomic E-state index is -0.826. The molecule has 0 spiro atoms. The Balaban J connectivity index is 1.61. The molecule has 32 heavy (non-hydrogen) atoms. The minimum absolute atomic E-state index is 0.0692. The van der Waals surface area contributed by atoms with Gasteiger partial charge in [0.15, 0.2) is 0 Å². The number of piperazine rings is 1. The van der Waals surface area contributed by atoms with E-state index in [0.29, 0.717) is 37.2 Å². The standard InChI is InChI=1S/C23H34BFN2O5/c1-21(2,3)30-20(29)27-12-10-26(11-13-27)19(28)15-16-8-9-18(25)17(14-16)24-31-22(4,5)23(6,7)32-24/h8-9,14H,10-13,15H2,1-7H3. The molecule has 2 saturated heterocycles. The summed E-state index contributed by atoms with van der Waals surface area (Å²) in [4.78, 5) is 28.4. The van der Waals surface area contributed by atoms with Crippen LogP contribution in [0.1, 0.15) is 54.0 Å². The SMILES string of the molecule is CC(C)(C)OC(=O)N1CCN(C(=O)Cc2ccc(F)c(B3OC(C)(C)C(C)(C)O3)c2)CC1. The lowest BCUT2D eigenvalue weighted by molar-refractivity contribution is -0.132. The molecule has 0 unspecified atom stereocenters. The summed E-state index contributed by atoms with van der Waals surface area (Å²) in [6.07, 6.45) is -0.227. The van der Waals surface area contributed by atoms with Gasteiger partial charge in [-0.25, -0.2) is 9.18 Å². The van der Waals surface area contributed by atoms with Crippen molar-refractivity contribution in [2.75, 3.05) is 26.2 Å². The zero-order chi connectivity index (χ0) is 23.9. The van der Waals surface area contributed by atoms with Gasteiger partial charge in [-0.15, -0.1) is 0 Å². The molecule has 0 aromatic heterocycles. The average molecular weight is 448 g/mol. The van der Waals surface area contributed by atoms with Gasteiger partial charge in [0.25, 0.3) is 0 Å². The highest BCUT2D eigenvalue weighted by Gasteiger charge is 2.52. The molecule has 2 heterocycles. The Kier molecular flexibility index (Phi) is 6.64. The Hall–Kier alpha value is -2.13. The van der Waals surface area contributed by atoms with Crippen LogP contribution in [0.15, 0.2) is 18.2 Å². The third-order valence-corrected chi connectivity index (χ3v) is 6.21. The summed E-state index contributed by atoms with van der Waals surface area (Å²) < 4.78 is 31.9. The summed E-state index contributed by atoms with van der Waals surface area (Å²) in [6.45, 7) is 14.8. The van der Waals surface area contributed by atoms with E-state index in [9.17, 15) is 14.0 Å². The fourth-order valence-corrected chi connectivity index (χ4v) is 3.61. The summed E-state index contributed by atoms with van der Waals surface area (Å²) in [5.74, 6) is -0.494. The second-order valence-corrected chi connectivity index (χ2v) is 10.5. The van der Waals surface area contributed by atoms with Crippen molar-refractivity contribution in [3.63, 3.8) is 0 Å². The largest absolute Gasteiger partial charge is 0.497 e. The number of hydrogen-bond donors (Lipinski definition) is 0. The van der Waals surface area contributed by atoms with Crippen molar-refractivity contribution in [2.24, 2.45) is 0 Å². The molecule has 0 atom stereocenters. The smallest absolute Gasteiger partial charge is 0.444 e. The van der Waals surface area contributed by atoms with Crippen LogP contribution in [0, 0.1) is 5.82 Å². The molecular formula is C23H34BFN2O5. The van der Waals surface area contributed by atoms with Gasteiger partial charge in [0, 0.05) is 31.6 Å². The molecule has 2 aliphatic rings. The third kappa shape index (κ3) is 5.43. The minimum Gasteiger partial charge on any atom is -0.444 e. The van der Waals surface area contributed by atoms with Crippen molar-refractivity contribution in [2.45, 2.75) is 71.7 Å². The number of carbonyl (C=O) groups is 2. The highest BCUT2D eigenvalue weighted by Crippen LogP contribution is 2.36. The highest BCUT2D eigenvalue weighted by atomic mass is 19.1. The molecule has 0 N–H and O–H groups in total. The lowest BCUT2D eigenvalue weighted by Crippen LogP contribution is -2.52. The highest BCUT2D eigenvalue weighted by molar-refractivity contribution is 6.62. The number of ether oxygens (including phenoxy) is 1. The van der Waals surface area contributed by atoms with E-state index >= 15 is 0 Å². The van der Waals surface area contributed by atoms with E-state index < -0.39 is 29.7 Å². The van der Waals surface area contributed by atoms with Gasteiger partial charge >= 0.3 is 13.2 Å². The maximum atomic E-state index is 14.5. The van der Waals surface area contributed by atoms with Crippen LogP contribution in [0.2, 0.25) is 0 Å². The van der Waals surface area contributed by atoms with Crippen molar-refractivity contribution in [3.8, 4) is 0 Å². The van der Waals surface area contributed by atoms with Gasteiger partial charge in [-0.05, 0) is 60.1 Å². The molecule has 9 heteroatoms. The van der Waals surface area contributed by atoms with Crippen LogP contribution in [-0.2, 0) is 25.3 Å². The van der Waals surface area contributed by atoms with Crippen molar-refractivity contribution >= 4 is 24.6 Å². The first-order valence-corrected chi connectivity index (χ1v) is 11.1. The fraction of sp³-hybridized carbons (Fsp3) is 0.652. The number of nitrogens with zero attached hydrogens (tertiary/aromatic N) is 2. The number of carbonyl (C=O) groups excluding carboxylic acids is 2. The number of halogens is 1. The van der Waals surface area contributed by atoms with Gasteiger partial charge in [-0.3, -0.25) is 4.79 Å². The lowest BCUT2D eigenvalue weighted by Gasteiger charge is -2.35. The van der Waals surface area contributed by atoms with E-state index in [1.165, 1.54) is 6.07 Å². The summed E-state index contributed by atoms with van der Waals surface area (Å²) >= 11 is 0. The van der Waals surface area contributed by atoms with E-state index in [0.717, 1.165) is 0 Å². The predicted molar refractivity (Wildman–Crippen MR) is 120 cm³/mol. The van der Waals surface area contributed by atoms with Crippen molar-refractivity contribution in [1.29, 1.82) is 0 Å². The lowest BCUT2D eigenvalue weighted by atomic mass is 9.77. The summed E-state index contributed by atoms with van der Waals surface area (Å²) in [6, 6.07) is 4.61. The quantitative estimate of drug-likeness (QED) is 0.666. The molecule has 0 bridgehead atoms. The van der Waals surface area contributed by atoms with Crippen molar-refractivity contribution in [3.05, 3.63) is 29.6 Å². The van der Waals surface area contributed by atoms with E-state index in [1.54, 1.807) is 21.9 Å². The molecule has 1 aromatic rings. The first-order valence-electron chi connectivity index (χ1n) is 11.1. The van der Waals surface area contributed by atoms with Crippen LogP contribution in [-0.4, -0.2) is 71.9 Å². The van der Waals surface area contributed by atoms with Crippen LogP contribution in [0.5, 0.6) is 0 Å². The maximum absolute atomic E-state index is 14.5. The molecule has 176 valence electrons. The molecule has 1 aromatic carbocycles. The number of benzene rings is 1. The van der Waals surface area contributed by atoms with Gasteiger partial charge in [0.2, 0.25) is 5.91 Å². The summed E-state index contributed by atoms with van der Waals surface area (Å²) in [7, 11) is -0.826. The zero-order valence-corrected chi connectivity index (χ0v) is 20.2. The maximum Gasteiger partial charge on any atom is 0.497 e. The second kappa shape index (κ2) is 8.67. The van der Waals surface area contributed by atoms with Crippen molar-refractivity contribution in [1.82, 2.24) is 9.80 Å². The molecule has 0 saturated carbocycles. The number of hydrogen-bond acceptors (Lipinski definition) is 5. The second-order valence-electron chi connectivity index (χ2n) is 10.5. The first-order chi connectivity index (χ1) is 14.7.